The molecule has 0 aliphatic rings. The van der Waals surface area contributed by atoms with Gasteiger partial charge in [-0.05, 0) is 24.6 Å². The molecule has 2 rings (SSSR count). The number of hydrazine groups is 1. The number of nitrogen functional groups attached to an aromatic ring is 1. The first-order chi connectivity index (χ1) is 9.92. The van der Waals surface area contributed by atoms with Crippen LogP contribution in [0.3, 0.4) is 0 Å². The van der Waals surface area contributed by atoms with Gasteiger partial charge in [-0.2, -0.15) is 4.98 Å². The number of benzene rings is 1. The molecule has 0 radical (unpaired) electrons. The smallest absolute Gasteiger partial charge is 0.273 e. The minimum atomic E-state index is -0.518. The number of hydrogen-bond donors (Lipinski definition) is 2. The van der Waals surface area contributed by atoms with Gasteiger partial charge in [0.15, 0.2) is 5.82 Å². The lowest BCUT2D eigenvalue weighted by molar-refractivity contribution is -0.384. The Balaban J connectivity index is 2.42. The fraction of sp³-hybridized carbons (Fsp3) is 0.0833. The lowest BCUT2D eigenvalue weighted by Gasteiger charge is -2.11. The number of anilines is 1. The fourth-order valence-electron chi connectivity index (χ4n) is 1.54. The number of nitro benzene ring substituents is 1. The summed E-state index contributed by atoms with van der Waals surface area (Å²) in [7, 11) is 0. The van der Waals surface area contributed by atoms with Gasteiger partial charge in [0.25, 0.3) is 5.69 Å². The lowest BCUT2D eigenvalue weighted by Crippen LogP contribution is -2.09. The molecule has 7 nitrogen and oxygen atoms in total. The maximum Gasteiger partial charge on any atom is 0.273 e. The van der Waals surface area contributed by atoms with Crippen molar-refractivity contribution in [1.82, 2.24) is 4.98 Å². The Bertz CT molecular complexity index is 709. The summed E-state index contributed by atoms with van der Waals surface area (Å²) in [6, 6.07) is 5.65. The molecule has 0 bridgehead atoms. The molecule has 0 unspecified atom stereocenters. The number of nitrogens with two attached hydrogens (primary N) is 1. The van der Waals surface area contributed by atoms with Crippen LogP contribution >= 0.6 is 23.2 Å². The van der Waals surface area contributed by atoms with Gasteiger partial charge in [0.05, 0.1) is 16.0 Å². The van der Waals surface area contributed by atoms with E-state index < -0.39 is 4.92 Å². The van der Waals surface area contributed by atoms with Gasteiger partial charge in [-0.15, -0.1) is 0 Å². The predicted octanol–water partition coefficient (Wildman–Crippen LogP) is 3.68. The molecular weight excluding hydrogens is 319 g/mol. The molecule has 0 spiro atoms. The van der Waals surface area contributed by atoms with Crippen molar-refractivity contribution >= 4 is 34.7 Å². The summed E-state index contributed by atoms with van der Waals surface area (Å²) in [4.78, 5) is 14.3. The molecule has 0 saturated heterocycles. The molecule has 0 atom stereocenters. The summed E-state index contributed by atoms with van der Waals surface area (Å²) < 4.78 is 5.53. The minimum Gasteiger partial charge on any atom is -0.437 e. The van der Waals surface area contributed by atoms with Gasteiger partial charge in [-0.25, -0.2) is 5.84 Å². The number of nitrogens with zero attached hydrogens (tertiary/aromatic N) is 2. The highest BCUT2D eigenvalue weighted by atomic mass is 35.5. The molecule has 0 aliphatic carbocycles. The van der Waals surface area contributed by atoms with Crippen molar-refractivity contribution in [3.63, 3.8) is 0 Å². The molecule has 21 heavy (non-hydrogen) atoms. The monoisotopic (exact) mass is 328 g/mol. The molecule has 9 heteroatoms. The average molecular weight is 329 g/mol. The Hall–Kier alpha value is -2.09. The van der Waals surface area contributed by atoms with E-state index in [1.807, 2.05) is 0 Å². The van der Waals surface area contributed by atoms with Gasteiger partial charge in [0.1, 0.15) is 10.8 Å². The molecule has 0 saturated carbocycles. The van der Waals surface area contributed by atoms with Crippen molar-refractivity contribution in [1.29, 1.82) is 0 Å². The number of halogens is 2. The molecule has 1 aromatic carbocycles. The molecule has 110 valence electrons. The largest absolute Gasteiger partial charge is 0.437 e. The number of ether oxygens (including phenoxy) is 1. The maximum atomic E-state index is 10.8. The Kier molecular flexibility index (Phi) is 4.46. The number of aryl methyl sites for hydroxylation is 1. The molecule has 0 amide bonds. The van der Waals surface area contributed by atoms with Crippen LogP contribution in [0.15, 0.2) is 24.3 Å². The van der Waals surface area contributed by atoms with Crippen LogP contribution in [-0.2, 0) is 0 Å². The topological polar surface area (TPSA) is 103 Å². The van der Waals surface area contributed by atoms with Crippen LogP contribution in [0, 0.1) is 17.0 Å². The molecule has 0 fully saturated rings. The number of non-ortho nitro benzene ring substituents is 1. The van der Waals surface area contributed by atoms with Crippen LogP contribution < -0.4 is 16.0 Å². The number of aromatic nitrogens is 1. The SMILES string of the molecule is Cc1ccc([N+](=O)[O-])cc1Oc1nc(NN)c(Cl)cc1Cl. The first kappa shape index (κ1) is 15.3. The van der Waals surface area contributed by atoms with Gasteiger partial charge in [0, 0.05) is 6.07 Å². The van der Waals surface area contributed by atoms with Crippen molar-refractivity contribution in [3.05, 3.63) is 50.0 Å². The van der Waals surface area contributed by atoms with Gasteiger partial charge in [-0.1, -0.05) is 23.2 Å². The van der Waals surface area contributed by atoms with Crippen molar-refractivity contribution < 1.29 is 9.66 Å². The van der Waals surface area contributed by atoms with E-state index in [1.54, 1.807) is 13.0 Å². The standard InChI is InChI=1S/C12H10Cl2N4O3/c1-6-2-3-7(18(19)20)4-10(6)21-12-9(14)5-8(13)11(16-12)17-15/h2-5H,15H2,1H3,(H,16,17). The minimum absolute atomic E-state index is 0.0395. The highest BCUT2D eigenvalue weighted by Crippen LogP contribution is 2.35. The highest BCUT2D eigenvalue weighted by Gasteiger charge is 2.14. The molecule has 3 N–H and O–H groups in total. The van der Waals surface area contributed by atoms with Crippen LogP contribution in [-0.4, -0.2) is 9.91 Å². The zero-order chi connectivity index (χ0) is 15.6. The molecule has 1 aromatic heterocycles. The second-order valence-electron chi connectivity index (χ2n) is 4.06. The second kappa shape index (κ2) is 6.13. The third-order valence-electron chi connectivity index (χ3n) is 2.62. The van der Waals surface area contributed by atoms with E-state index in [4.69, 9.17) is 33.8 Å². The Labute approximate surface area is 129 Å². The van der Waals surface area contributed by atoms with Crippen LogP contribution in [0.1, 0.15) is 5.56 Å². The first-order valence-electron chi connectivity index (χ1n) is 5.68. The quantitative estimate of drug-likeness (QED) is 0.504. The van der Waals surface area contributed by atoms with E-state index in [2.05, 4.69) is 10.4 Å². The number of nitro groups is 1. The molecule has 0 aliphatic heterocycles. The van der Waals surface area contributed by atoms with Gasteiger partial charge in [-0.3, -0.25) is 10.1 Å². The van der Waals surface area contributed by atoms with Crippen LogP contribution in [0.4, 0.5) is 11.5 Å². The zero-order valence-electron chi connectivity index (χ0n) is 10.8. The van der Waals surface area contributed by atoms with Gasteiger partial charge in [0.2, 0.25) is 5.88 Å². The van der Waals surface area contributed by atoms with E-state index in [9.17, 15) is 10.1 Å². The summed E-state index contributed by atoms with van der Waals surface area (Å²) in [5.41, 5.74) is 2.89. The summed E-state index contributed by atoms with van der Waals surface area (Å²) >= 11 is 11.9. The van der Waals surface area contributed by atoms with Crippen molar-refractivity contribution in [2.24, 2.45) is 5.84 Å². The van der Waals surface area contributed by atoms with Crippen molar-refractivity contribution in [2.75, 3.05) is 5.43 Å². The summed E-state index contributed by atoms with van der Waals surface area (Å²) in [6.07, 6.45) is 0. The molecule has 1 heterocycles. The number of nitrogens with one attached hydrogen (secondary N) is 1. The van der Waals surface area contributed by atoms with Gasteiger partial charge >= 0.3 is 0 Å². The van der Waals surface area contributed by atoms with Crippen LogP contribution in [0.2, 0.25) is 10.0 Å². The molecular formula is C12H10Cl2N4O3. The molecule has 2 aromatic rings. The van der Waals surface area contributed by atoms with Gasteiger partial charge < -0.3 is 10.2 Å². The van der Waals surface area contributed by atoms with E-state index >= 15 is 0 Å². The average Bonchev–Trinajstić information content (AvgIpc) is 2.43. The Morgan fingerprint density at radius 1 is 1.33 bits per heavy atom. The van der Waals surface area contributed by atoms with E-state index in [-0.39, 0.29) is 33.2 Å². The zero-order valence-corrected chi connectivity index (χ0v) is 12.3. The Morgan fingerprint density at radius 2 is 2.05 bits per heavy atom. The lowest BCUT2D eigenvalue weighted by atomic mass is 10.2. The second-order valence-corrected chi connectivity index (χ2v) is 4.87. The number of hydrogen-bond acceptors (Lipinski definition) is 6. The Morgan fingerprint density at radius 3 is 2.67 bits per heavy atom. The summed E-state index contributed by atoms with van der Waals surface area (Å²) in [5.74, 6) is 5.76. The van der Waals surface area contributed by atoms with E-state index in [0.717, 1.165) is 0 Å². The third-order valence-corrected chi connectivity index (χ3v) is 3.18. The first-order valence-corrected chi connectivity index (χ1v) is 6.43. The number of rotatable bonds is 4. The van der Waals surface area contributed by atoms with Crippen molar-refractivity contribution in [2.45, 2.75) is 6.92 Å². The maximum absolute atomic E-state index is 10.8. The predicted molar refractivity (Wildman–Crippen MR) is 80.0 cm³/mol. The highest BCUT2D eigenvalue weighted by molar-refractivity contribution is 6.36. The van der Waals surface area contributed by atoms with Crippen LogP contribution in [0.25, 0.3) is 0 Å². The third kappa shape index (κ3) is 3.33. The van der Waals surface area contributed by atoms with E-state index in [0.29, 0.717) is 5.56 Å². The fourth-order valence-corrected chi connectivity index (χ4v) is 1.99. The van der Waals surface area contributed by atoms with Crippen molar-refractivity contribution in [3.8, 4) is 11.6 Å². The number of pyridine rings is 1. The summed E-state index contributed by atoms with van der Waals surface area (Å²) in [6.45, 7) is 1.74. The van der Waals surface area contributed by atoms with Crippen LogP contribution in [0.5, 0.6) is 11.6 Å². The summed E-state index contributed by atoms with van der Waals surface area (Å²) in [5, 5.41) is 11.2. The normalized spacial score (nSPS) is 10.3. The van der Waals surface area contributed by atoms with E-state index in [1.165, 1.54) is 18.2 Å².